The normalized spacial score (nSPS) is 22.6. The largest absolute Gasteiger partial charge is 0.393 e. The van der Waals surface area contributed by atoms with Gasteiger partial charge in [0.15, 0.2) is 0 Å². The molecule has 3 rings (SSSR count). The van der Waals surface area contributed by atoms with Gasteiger partial charge in [-0.05, 0) is 50.3 Å². The molecule has 1 aliphatic rings. The second kappa shape index (κ2) is 6.00. The highest BCUT2D eigenvalue weighted by Gasteiger charge is 2.27. The number of para-hydroxylation sites is 1. The molecule has 2 aromatic rings. The monoisotopic (exact) mass is 286 g/mol. The smallest absolute Gasteiger partial charge is 0.234 e. The maximum absolute atomic E-state index is 12.8. The fraction of sp³-hybridized carbons (Fsp3) is 0.471. The number of hydrogen-bond acceptors (Lipinski definition) is 3. The molecule has 0 spiro atoms. The number of carbonyl (C=O) groups is 1. The number of rotatable bonds is 3. The number of aliphatic hydroxyl groups is 1. The minimum absolute atomic E-state index is 0.0231. The molecule has 1 aromatic carbocycles. The summed E-state index contributed by atoms with van der Waals surface area (Å²) in [4.78, 5) is 12.8. The van der Waals surface area contributed by atoms with Crippen LogP contribution in [0.4, 0.5) is 0 Å². The van der Waals surface area contributed by atoms with E-state index in [2.05, 4.69) is 6.07 Å². The zero-order valence-electron chi connectivity index (χ0n) is 12.2. The summed E-state index contributed by atoms with van der Waals surface area (Å²) in [6.45, 7) is 0.581. The lowest BCUT2D eigenvalue weighted by Crippen LogP contribution is -2.27. The standard InChI is InChI=1S/C17H22N2O2/c18-10-9-13-11-19(16-4-2-1-3-15(13)16)17(21)12-5-7-14(20)8-6-12/h1-4,11-12,14,20H,5-10,18H2. The fourth-order valence-electron chi connectivity index (χ4n) is 3.31. The van der Waals surface area contributed by atoms with Gasteiger partial charge in [0.1, 0.15) is 0 Å². The molecule has 4 nitrogen and oxygen atoms in total. The van der Waals surface area contributed by atoms with E-state index in [4.69, 9.17) is 5.73 Å². The Bertz CT molecular complexity index is 639. The van der Waals surface area contributed by atoms with Crippen molar-refractivity contribution in [2.45, 2.75) is 38.2 Å². The molecule has 0 saturated heterocycles. The third-order valence-electron chi connectivity index (χ3n) is 4.49. The zero-order chi connectivity index (χ0) is 14.8. The molecule has 1 saturated carbocycles. The molecule has 0 aliphatic heterocycles. The van der Waals surface area contributed by atoms with E-state index in [9.17, 15) is 9.90 Å². The van der Waals surface area contributed by atoms with Gasteiger partial charge < -0.3 is 10.8 Å². The zero-order valence-corrected chi connectivity index (χ0v) is 12.2. The molecule has 1 aliphatic carbocycles. The van der Waals surface area contributed by atoms with Gasteiger partial charge in [-0.2, -0.15) is 0 Å². The van der Waals surface area contributed by atoms with Crippen molar-refractivity contribution in [3.8, 4) is 0 Å². The highest BCUT2D eigenvalue weighted by molar-refractivity contribution is 5.95. The summed E-state index contributed by atoms with van der Waals surface area (Å²) in [5.41, 5.74) is 7.78. The van der Waals surface area contributed by atoms with Crippen LogP contribution in [0.5, 0.6) is 0 Å². The second-order valence-electron chi connectivity index (χ2n) is 5.92. The van der Waals surface area contributed by atoms with Crippen molar-refractivity contribution in [2.75, 3.05) is 6.54 Å². The Labute approximate surface area is 124 Å². The Kier molecular flexibility index (Phi) is 4.08. The molecule has 0 unspecified atom stereocenters. The maximum atomic E-state index is 12.8. The molecule has 0 radical (unpaired) electrons. The van der Waals surface area contributed by atoms with Crippen LogP contribution < -0.4 is 5.73 Å². The minimum atomic E-state index is -0.233. The molecule has 4 heteroatoms. The maximum Gasteiger partial charge on any atom is 0.234 e. The lowest BCUT2D eigenvalue weighted by Gasteiger charge is -2.24. The topological polar surface area (TPSA) is 68.2 Å². The predicted octanol–water partition coefficient (Wildman–Crippen LogP) is 2.33. The quantitative estimate of drug-likeness (QED) is 0.910. The fourth-order valence-corrected chi connectivity index (χ4v) is 3.31. The highest BCUT2D eigenvalue weighted by Crippen LogP contribution is 2.28. The van der Waals surface area contributed by atoms with Crippen molar-refractivity contribution in [3.05, 3.63) is 36.0 Å². The number of benzene rings is 1. The molecule has 21 heavy (non-hydrogen) atoms. The Hall–Kier alpha value is -1.65. The summed E-state index contributed by atoms with van der Waals surface area (Å²) >= 11 is 0. The molecule has 112 valence electrons. The van der Waals surface area contributed by atoms with E-state index in [-0.39, 0.29) is 17.9 Å². The third-order valence-corrected chi connectivity index (χ3v) is 4.49. The van der Waals surface area contributed by atoms with Crippen molar-refractivity contribution in [3.63, 3.8) is 0 Å². The lowest BCUT2D eigenvalue weighted by molar-refractivity contribution is 0.0692. The van der Waals surface area contributed by atoms with Crippen molar-refractivity contribution >= 4 is 16.8 Å². The summed E-state index contributed by atoms with van der Waals surface area (Å²) in [7, 11) is 0. The first-order valence-corrected chi connectivity index (χ1v) is 7.72. The van der Waals surface area contributed by atoms with Gasteiger partial charge in [0.25, 0.3) is 0 Å². The van der Waals surface area contributed by atoms with Crippen molar-refractivity contribution in [1.29, 1.82) is 0 Å². The Balaban J connectivity index is 1.94. The van der Waals surface area contributed by atoms with Crippen LogP contribution in [0.25, 0.3) is 10.9 Å². The van der Waals surface area contributed by atoms with Crippen LogP contribution in [0.3, 0.4) is 0 Å². The van der Waals surface area contributed by atoms with Crippen molar-refractivity contribution < 1.29 is 9.90 Å². The Morgan fingerprint density at radius 2 is 1.95 bits per heavy atom. The average molecular weight is 286 g/mol. The minimum Gasteiger partial charge on any atom is -0.393 e. The van der Waals surface area contributed by atoms with Crippen LogP contribution in [0.2, 0.25) is 0 Å². The molecule has 1 fully saturated rings. The van der Waals surface area contributed by atoms with Gasteiger partial charge in [-0.1, -0.05) is 18.2 Å². The second-order valence-corrected chi connectivity index (χ2v) is 5.92. The van der Waals surface area contributed by atoms with Gasteiger partial charge in [0, 0.05) is 17.5 Å². The van der Waals surface area contributed by atoms with E-state index in [1.807, 2.05) is 24.4 Å². The van der Waals surface area contributed by atoms with Crippen LogP contribution >= 0.6 is 0 Å². The molecule has 0 atom stereocenters. The van der Waals surface area contributed by atoms with Gasteiger partial charge in [-0.25, -0.2) is 0 Å². The first kappa shape index (κ1) is 14.3. The summed E-state index contributed by atoms with van der Waals surface area (Å²) in [5, 5.41) is 10.7. The average Bonchev–Trinajstić information content (AvgIpc) is 2.87. The number of nitrogens with two attached hydrogens (primary N) is 1. The number of aliphatic hydroxyl groups excluding tert-OH is 1. The first-order chi connectivity index (χ1) is 10.2. The SMILES string of the molecule is NCCc1cn(C(=O)C2CCC(O)CC2)c2ccccc12. The van der Waals surface area contributed by atoms with E-state index < -0.39 is 0 Å². The van der Waals surface area contributed by atoms with Crippen LogP contribution in [0.1, 0.15) is 36.0 Å². The van der Waals surface area contributed by atoms with E-state index >= 15 is 0 Å². The van der Waals surface area contributed by atoms with Gasteiger partial charge in [-0.3, -0.25) is 9.36 Å². The van der Waals surface area contributed by atoms with Gasteiger partial charge in [0.05, 0.1) is 11.6 Å². The number of aromatic nitrogens is 1. The Morgan fingerprint density at radius 1 is 1.24 bits per heavy atom. The number of carbonyl (C=O) groups excluding carboxylic acids is 1. The summed E-state index contributed by atoms with van der Waals surface area (Å²) in [5.74, 6) is 0.177. The third kappa shape index (κ3) is 2.74. The van der Waals surface area contributed by atoms with E-state index in [0.29, 0.717) is 6.54 Å². The van der Waals surface area contributed by atoms with Gasteiger partial charge in [0.2, 0.25) is 5.91 Å². The van der Waals surface area contributed by atoms with Crippen molar-refractivity contribution in [2.24, 2.45) is 11.7 Å². The van der Waals surface area contributed by atoms with Crippen LogP contribution in [-0.2, 0) is 6.42 Å². The Morgan fingerprint density at radius 3 is 2.67 bits per heavy atom. The molecule has 0 bridgehead atoms. The number of nitrogens with zero attached hydrogens (tertiary/aromatic N) is 1. The van der Waals surface area contributed by atoms with Crippen LogP contribution in [0, 0.1) is 5.92 Å². The summed E-state index contributed by atoms with van der Waals surface area (Å²) in [6, 6.07) is 8.00. The van der Waals surface area contributed by atoms with Gasteiger partial charge in [-0.15, -0.1) is 0 Å². The first-order valence-electron chi connectivity index (χ1n) is 7.72. The molecule has 0 amide bonds. The van der Waals surface area contributed by atoms with E-state index in [0.717, 1.165) is 48.6 Å². The number of hydrogen-bond donors (Lipinski definition) is 2. The number of fused-ring (bicyclic) bond motifs is 1. The molecular formula is C17H22N2O2. The predicted molar refractivity (Wildman–Crippen MR) is 83.3 cm³/mol. The van der Waals surface area contributed by atoms with Crippen molar-refractivity contribution in [1.82, 2.24) is 4.57 Å². The summed E-state index contributed by atoms with van der Waals surface area (Å²) in [6.07, 6.45) is 5.51. The van der Waals surface area contributed by atoms with Crippen LogP contribution in [0.15, 0.2) is 30.5 Å². The summed E-state index contributed by atoms with van der Waals surface area (Å²) < 4.78 is 1.79. The lowest BCUT2D eigenvalue weighted by atomic mass is 9.87. The van der Waals surface area contributed by atoms with Crippen LogP contribution in [-0.4, -0.2) is 28.2 Å². The molecular weight excluding hydrogens is 264 g/mol. The van der Waals surface area contributed by atoms with E-state index in [1.54, 1.807) is 4.57 Å². The highest BCUT2D eigenvalue weighted by atomic mass is 16.3. The van der Waals surface area contributed by atoms with E-state index in [1.165, 1.54) is 0 Å². The van der Waals surface area contributed by atoms with Gasteiger partial charge >= 0.3 is 0 Å². The molecule has 1 heterocycles. The molecule has 1 aromatic heterocycles. The molecule has 3 N–H and O–H groups in total.